The van der Waals surface area contributed by atoms with Gasteiger partial charge in [-0.1, -0.05) is 13.8 Å². The van der Waals surface area contributed by atoms with Gasteiger partial charge in [-0.2, -0.15) is 13.2 Å². The Balaban J connectivity index is 4.59. The fraction of sp³-hybridized carbons (Fsp3) is 0.909. The maximum atomic E-state index is 12.9. The van der Waals surface area contributed by atoms with Gasteiger partial charge in [-0.25, -0.2) is 4.79 Å². The fourth-order valence-corrected chi connectivity index (χ4v) is 1.50. The van der Waals surface area contributed by atoms with Crippen molar-refractivity contribution in [1.29, 1.82) is 0 Å². The molecule has 7 heteroatoms. The summed E-state index contributed by atoms with van der Waals surface area (Å²) in [5.74, 6) is -1.32. The minimum absolute atomic E-state index is 0.0623. The summed E-state index contributed by atoms with van der Waals surface area (Å²) in [7, 11) is 0.943. The van der Waals surface area contributed by atoms with E-state index in [-0.39, 0.29) is 6.54 Å². The van der Waals surface area contributed by atoms with E-state index in [2.05, 4.69) is 10.1 Å². The van der Waals surface area contributed by atoms with Gasteiger partial charge < -0.3 is 9.64 Å². The second kappa shape index (κ2) is 6.94. The van der Waals surface area contributed by atoms with Gasteiger partial charge in [0.05, 0.1) is 7.11 Å². The topological polar surface area (TPSA) is 41.6 Å². The molecule has 0 radical (unpaired) electrons. The van der Waals surface area contributed by atoms with E-state index in [1.165, 1.54) is 0 Å². The molecule has 0 aromatic carbocycles. The summed E-state index contributed by atoms with van der Waals surface area (Å²) in [5.41, 5.74) is -2.66. The summed E-state index contributed by atoms with van der Waals surface area (Å²) >= 11 is 0. The Hall–Kier alpha value is -0.820. The van der Waals surface area contributed by atoms with Crippen molar-refractivity contribution >= 4 is 5.97 Å². The van der Waals surface area contributed by atoms with Crippen molar-refractivity contribution in [3.8, 4) is 0 Å². The predicted octanol–water partition coefficient (Wildman–Crippen LogP) is 1.41. The van der Waals surface area contributed by atoms with E-state index in [4.69, 9.17) is 0 Å². The molecule has 1 unspecified atom stereocenters. The van der Waals surface area contributed by atoms with Crippen LogP contribution in [0.3, 0.4) is 0 Å². The zero-order valence-electron chi connectivity index (χ0n) is 11.2. The highest BCUT2D eigenvalue weighted by molar-refractivity contribution is 5.81. The molecule has 0 aliphatic rings. The molecule has 0 bridgehead atoms. The number of nitrogens with one attached hydrogen (secondary N) is 1. The molecule has 0 aliphatic heterocycles. The van der Waals surface area contributed by atoms with Crippen LogP contribution in [0.15, 0.2) is 0 Å². The van der Waals surface area contributed by atoms with Gasteiger partial charge in [0.25, 0.3) is 0 Å². The van der Waals surface area contributed by atoms with Crippen molar-refractivity contribution in [3.05, 3.63) is 0 Å². The first-order chi connectivity index (χ1) is 8.22. The third kappa shape index (κ3) is 4.13. The van der Waals surface area contributed by atoms with Crippen molar-refractivity contribution in [2.45, 2.75) is 32.5 Å². The van der Waals surface area contributed by atoms with Crippen LogP contribution in [0.1, 0.15) is 20.8 Å². The lowest BCUT2D eigenvalue weighted by molar-refractivity contribution is -0.208. The molecule has 0 fully saturated rings. The molecule has 0 rings (SSSR count). The average molecular weight is 270 g/mol. The average Bonchev–Trinajstić information content (AvgIpc) is 2.31. The lowest BCUT2D eigenvalue weighted by atomic mass is 10.0. The van der Waals surface area contributed by atoms with E-state index in [1.54, 1.807) is 0 Å². The molecule has 0 amide bonds. The number of hydrogen-bond acceptors (Lipinski definition) is 4. The smallest absolute Gasteiger partial charge is 0.417 e. The van der Waals surface area contributed by atoms with Crippen LogP contribution < -0.4 is 5.32 Å². The number of nitrogens with zero attached hydrogens (tertiary/aromatic N) is 1. The lowest BCUT2D eigenvalue weighted by Gasteiger charge is -2.31. The van der Waals surface area contributed by atoms with Gasteiger partial charge in [-0.15, -0.1) is 0 Å². The van der Waals surface area contributed by atoms with E-state index in [1.807, 2.05) is 18.7 Å². The maximum Gasteiger partial charge on any atom is 0.417 e. The van der Waals surface area contributed by atoms with Gasteiger partial charge in [-0.3, -0.25) is 5.32 Å². The van der Waals surface area contributed by atoms with Gasteiger partial charge in [0, 0.05) is 13.1 Å². The van der Waals surface area contributed by atoms with Crippen molar-refractivity contribution in [1.82, 2.24) is 10.2 Å². The van der Waals surface area contributed by atoms with Crippen LogP contribution in [0, 0.1) is 0 Å². The third-order valence-electron chi connectivity index (χ3n) is 2.96. The number of alkyl halides is 3. The molecular weight excluding hydrogens is 249 g/mol. The van der Waals surface area contributed by atoms with Gasteiger partial charge in [0.15, 0.2) is 0 Å². The number of halogens is 3. The molecule has 18 heavy (non-hydrogen) atoms. The van der Waals surface area contributed by atoms with Crippen LogP contribution in [0.4, 0.5) is 13.2 Å². The molecular formula is C11H21F3N2O2. The van der Waals surface area contributed by atoms with Crippen LogP contribution in [0.5, 0.6) is 0 Å². The number of methoxy groups -OCH3 is 1. The Bertz CT molecular complexity index is 268. The second-order valence-electron chi connectivity index (χ2n) is 4.07. The molecule has 0 aliphatic carbocycles. The van der Waals surface area contributed by atoms with Gasteiger partial charge in [0.1, 0.15) is 0 Å². The Labute approximate surface area is 105 Å². The number of carbonyl (C=O) groups excluding carboxylic acids is 1. The van der Waals surface area contributed by atoms with E-state index >= 15 is 0 Å². The zero-order chi connectivity index (χ0) is 14.4. The summed E-state index contributed by atoms with van der Waals surface area (Å²) in [5, 5.41) is 2.24. The highest BCUT2D eigenvalue weighted by atomic mass is 19.4. The van der Waals surface area contributed by atoms with Crippen LogP contribution in [0.25, 0.3) is 0 Å². The van der Waals surface area contributed by atoms with Gasteiger partial charge >= 0.3 is 12.1 Å². The normalized spacial score (nSPS) is 15.6. The molecule has 1 N–H and O–H groups in total. The Morgan fingerprint density at radius 2 is 1.78 bits per heavy atom. The van der Waals surface area contributed by atoms with Crippen molar-refractivity contribution in [3.63, 3.8) is 0 Å². The minimum atomic E-state index is -4.69. The second-order valence-corrected chi connectivity index (χ2v) is 4.07. The summed E-state index contributed by atoms with van der Waals surface area (Å²) in [6, 6.07) is 0. The summed E-state index contributed by atoms with van der Waals surface area (Å²) in [4.78, 5) is 13.2. The first kappa shape index (κ1) is 17.2. The predicted molar refractivity (Wildman–Crippen MR) is 62.3 cm³/mol. The van der Waals surface area contributed by atoms with E-state index in [0.717, 1.165) is 27.1 Å². The Morgan fingerprint density at radius 1 is 1.28 bits per heavy atom. The fourth-order valence-electron chi connectivity index (χ4n) is 1.50. The Morgan fingerprint density at radius 3 is 2.11 bits per heavy atom. The first-order valence-corrected chi connectivity index (χ1v) is 5.85. The molecule has 108 valence electrons. The number of ether oxygens (including phenoxy) is 1. The largest absolute Gasteiger partial charge is 0.467 e. The quantitative estimate of drug-likeness (QED) is 0.710. The maximum absolute atomic E-state index is 12.9. The summed E-state index contributed by atoms with van der Waals surface area (Å²) < 4.78 is 42.8. The first-order valence-electron chi connectivity index (χ1n) is 5.85. The van der Waals surface area contributed by atoms with E-state index in [9.17, 15) is 18.0 Å². The number of hydrogen-bond donors (Lipinski definition) is 1. The molecule has 0 aromatic rings. The highest BCUT2D eigenvalue weighted by Gasteiger charge is 2.57. The van der Waals surface area contributed by atoms with Crippen molar-refractivity contribution in [2.75, 3.05) is 33.3 Å². The van der Waals surface area contributed by atoms with E-state index < -0.39 is 17.7 Å². The van der Waals surface area contributed by atoms with Gasteiger partial charge in [0.2, 0.25) is 5.54 Å². The van der Waals surface area contributed by atoms with Crippen LogP contribution >= 0.6 is 0 Å². The minimum Gasteiger partial charge on any atom is -0.467 e. The van der Waals surface area contributed by atoms with Crippen molar-refractivity contribution < 1.29 is 22.7 Å². The monoisotopic (exact) mass is 270 g/mol. The highest BCUT2D eigenvalue weighted by Crippen LogP contribution is 2.30. The number of rotatable bonds is 7. The zero-order valence-corrected chi connectivity index (χ0v) is 11.2. The molecule has 0 spiro atoms. The summed E-state index contributed by atoms with van der Waals surface area (Å²) in [6.07, 6.45) is -4.69. The number of carbonyl (C=O) groups is 1. The van der Waals surface area contributed by atoms with Crippen molar-refractivity contribution in [2.24, 2.45) is 0 Å². The molecule has 0 heterocycles. The molecule has 0 saturated heterocycles. The van der Waals surface area contributed by atoms with Crippen LogP contribution in [-0.4, -0.2) is 55.9 Å². The Kier molecular flexibility index (Phi) is 6.62. The van der Waals surface area contributed by atoms with Crippen LogP contribution in [0.2, 0.25) is 0 Å². The molecule has 4 nitrogen and oxygen atoms in total. The molecule has 0 aromatic heterocycles. The SMILES string of the molecule is CCN(CC)CCNC(C)(C(=O)OC)C(F)(F)F. The molecule has 0 saturated carbocycles. The number of esters is 1. The van der Waals surface area contributed by atoms with E-state index in [0.29, 0.717) is 6.54 Å². The molecule has 1 atom stereocenters. The number of likely N-dealkylation sites (N-methyl/N-ethyl adjacent to an activating group) is 1. The standard InChI is InChI=1S/C11H21F3N2O2/c1-5-16(6-2)8-7-15-10(3,9(17)18-4)11(12,13)14/h15H,5-8H2,1-4H3. The van der Waals surface area contributed by atoms with Crippen LogP contribution in [-0.2, 0) is 9.53 Å². The lowest BCUT2D eigenvalue weighted by Crippen LogP contribution is -2.61. The summed E-state index contributed by atoms with van der Waals surface area (Å²) in [6.45, 7) is 6.64. The third-order valence-corrected chi connectivity index (χ3v) is 2.96. The van der Waals surface area contributed by atoms with Gasteiger partial charge in [-0.05, 0) is 20.0 Å².